The highest BCUT2D eigenvalue weighted by Gasteiger charge is 2.27. The van der Waals surface area contributed by atoms with Gasteiger partial charge in [-0.2, -0.15) is 0 Å². The average Bonchev–Trinajstić information content (AvgIpc) is 2.58. The first kappa shape index (κ1) is 18.3. The van der Waals surface area contributed by atoms with Gasteiger partial charge in [-0.1, -0.05) is 24.6 Å². The molecule has 0 aromatic heterocycles. The third kappa shape index (κ3) is 4.10. The Bertz CT molecular complexity index is 505. The first-order chi connectivity index (χ1) is 11.2. The molecule has 1 unspecified atom stereocenters. The number of aliphatic hydroxyl groups is 1. The number of benzene rings is 1. The predicted octanol–water partition coefficient (Wildman–Crippen LogP) is 2.42. The maximum absolute atomic E-state index is 9.93. The summed E-state index contributed by atoms with van der Waals surface area (Å²) < 4.78 is 10.7. The van der Waals surface area contributed by atoms with Crippen LogP contribution in [-0.4, -0.2) is 68.5 Å². The molecule has 1 fully saturated rings. The molecule has 0 bridgehead atoms. The molecule has 1 aliphatic heterocycles. The van der Waals surface area contributed by atoms with E-state index in [1.807, 2.05) is 12.1 Å². The Morgan fingerprint density at radius 3 is 2.39 bits per heavy atom. The lowest BCUT2D eigenvalue weighted by atomic mass is 10.0. The standard InChI is InChI=1S/C17H27ClN2O3/c1-4-7-19-8-10-20(11-9-19)14(12-21)13-5-6-15(22-2)17(23-3)16(13)18/h5-6,14,21H,4,7-12H2,1-3H3. The van der Waals surface area contributed by atoms with Crippen molar-refractivity contribution < 1.29 is 14.6 Å². The fourth-order valence-corrected chi connectivity index (χ4v) is 3.55. The van der Waals surface area contributed by atoms with Crippen LogP contribution in [0, 0.1) is 0 Å². The monoisotopic (exact) mass is 342 g/mol. The molecular weight excluding hydrogens is 316 g/mol. The number of hydrogen-bond acceptors (Lipinski definition) is 5. The molecule has 23 heavy (non-hydrogen) atoms. The molecule has 0 spiro atoms. The van der Waals surface area contributed by atoms with Crippen molar-refractivity contribution in [1.29, 1.82) is 0 Å². The Morgan fingerprint density at radius 1 is 1.17 bits per heavy atom. The summed E-state index contributed by atoms with van der Waals surface area (Å²) in [5, 5.41) is 10.4. The third-order valence-corrected chi connectivity index (χ3v) is 4.82. The van der Waals surface area contributed by atoms with Crippen molar-refractivity contribution in [3.8, 4) is 11.5 Å². The first-order valence-corrected chi connectivity index (χ1v) is 8.51. The molecule has 130 valence electrons. The third-order valence-electron chi connectivity index (χ3n) is 4.43. The van der Waals surface area contributed by atoms with E-state index in [-0.39, 0.29) is 12.6 Å². The van der Waals surface area contributed by atoms with Gasteiger partial charge in [-0.05, 0) is 24.6 Å². The van der Waals surface area contributed by atoms with Crippen LogP contribution >= 0.6 is 11.6 Å². The lowest BCUT2D eigenvalue weighted by molar-refractivity contribution is 0.0650. The van der Waals surface area contributed by atoms with E-state index >= 15 is 0 Å². The molecule has 1 aliphatic rings. The SMILES string of the molecule is CCCN1CCN(C(CO)c2ccc(OC)c(OC)c2Cl)CC1. The number of rotatable bonds is 7. The van der Waals surface area contributed by atoms with Crippen LogP contribution in [0.3, 0.4) is 0 Å². The van der Waals surface area contributed by atoms with Crippen LogP contribution in [0.1, 0.15) is 24.9 Å². The number of hydrogen-bond donors (Lipinski definition) is 1. The van der Waals surface area contributed by atoms with E-state index in [4.69, 9.17) is 21.1 Å². The predicted molar refractivity (Wildman–Crippen MR) is 92.7 cm³/mol. The molecule has 1 aromatic carbocycles. The molecule has 2 rings (SSSR count). The Hall–Kier alpha value is -1.01. The second-order valence-corrected chi connectivity index (χ2v) is 6.16. The molecule has 0 amide bonds. The first-order valence-electron chi connectivity index (χ1n) is 8.13. The van der Waals surface area contributed by atoms with Gasteiger partial charge in [-0.25, -0.2) is 0 Å². The van der Waals surface area contributed by atoms with Gasteiger partial charge in [0.25, 0.3) is 0 Å². The highest BCUT2D eigenvalue weighted by molar-refractivity contribution is 6.33. The van der Waals surface area contributed by atoms with E-state index in [1.165, 1.54) is 6.42 Å². The quantitative estimate of drug-likeness (QED) is 0.824. The van der Waals surface area contributed by atoms with Crippen molar-refractivity contribution in [2.75, 3.05) is 53.6 Å². The summed E-state index contributed by atoms with van der Waals surface area (Å²) in [5.41, 5.74) is 0.885. The number of methoxy groups -OCH3 is 2. The maximum atomic E-state index is 9.93. The van der Waals surface area contributed by atoms with Crippen molar-refractivity contribution in [3.05, 3.63) is 22.7 Å². The Morgan fingerprint density at radius 2 is 1.87 bits per heavy atom. The number of aliphatic hydroxyl groups excluding tert-OH is 1. The molecule has 0 saturated carbocycles. The molecule has 6 heteroatoms. The molecule has 1 saturated heterocycles. The fourth-order valence-electron chi connectivity index (χ4n) is 3.19. The molecule has 1 N–H and O–H groups in total. The highest BCUT2D eigenvalue weighted by atomic mass is 35.5. The van der Waals surface area contributed by atoms with Gasteiger partial charge in [-0.3, -0.25) is 4.90 Å². The minimum atomic E-state index is -0.119. The van der Waals surface area contributed by atoms with Gasteiger partial charge in [0.2, 0.25) is 0 Å². The van der Waals surface area contributed by atoms with Gasteiger partial charge in [0.05, 0.1) is 31.9 Å². The molecule has 1 heterocycles. The summed E-state index contributed by atoms with van der Waals surface area (Å²) >= 11 is 6.51. The molecule has 0 aliphatic carbocycles. The normalized spacial score (nSPS) is 18.0. The molecular formula is C17H27ClN2O3. The van der Waals surface area contributed by atoms with E-state index in [2.05, 4.69) is 16.7 Å². The Kier molecular flexibility index (Phi) is 6.96. The minimum absolute atomic E-state index is 0.0307. The maximum Gasteiger partial charge on any atom is 0.179 e. The lowest BCUT2D eigenvalue weighted by Gasteiger charge is -2.39. The van der Waals surface area contributed by atoms with Crippen LogP contribution in [0.25, 0.3) is 0 Å². The van der Waals surface area contributed by atoms with Gasteiger partial charge in [0.1, 0.15) is 0 Å². The Labute approximate surface area is 143 Å². The van der Waals surface area contributed by atoms with Gasteiger partial charge < -0.3 is 19.5 Å². The summed E-state index contributed by atoms with van der Waals surface area (Å²) in [6.45, 7) is 7.26. The van der Waals surface area contributed by atoms with Crippen molar-refractivity contribution in [2.45, 2.75) is 19.4 Å². The largest absolute Gasteiger partial charge is 0.493 e. The summed E-state index contributed by atoms with van der Waals surface area (Å²) in [5.74, 6) is 1.13. The molecule has 0 radical (unpaired) electrons. The summed E-state index contributed by atoms with van der Waals surface area (Å²) in [6, 6.07) is 3.64. The second kappa shape index (κ2) is 8.73. The van der Waals surface area contributed by atoms with Gasteiger partial charge >= 0.3 is 0 Å². The van der Waals surface area contributed by atoms with E-state index in [0.717, 1.165) is 38.3 Å². The van der Waals surface area contributed by atoms with Gasteiger partial charge in [0.15, 0.2) is 11.5 Å². The van der Waals surface area contributed by atoms with Crippen LogP contribution < -0.4 is 9.47 Å². The Balaban J connectivity index is 2.18. The lowest BCUT2D eigenvalue weighted by Crippen LogP contribution is -2.48. The average molecular weight is 343 g/mol. The van der Waals surface area contributed by atoms with Crippen molar-refractivity contribution in [2.24, 2.45) is 0 Å². The van der Waals surface area contributed by atoms with Crippen molar-refractivity contribution >= 4 is 11.6 Å². The number of ether oxygens (including phenoxy) is 2. The highest BCUT2D eigenvalue weighted by Crippen LogP contribution is 2.40. The van der Waals surface area contributed by atoms with Crippen LogP contribution in [0.5, 0.6) is 11.5 Å². The summed E-state index contributed by atoms with van der Waals surface area (Å²) in [6.07, 6.45) is 1.17. The molecule has 1 aromatic rings. The second-order valence-electron chi connectivity index (χ2n) is 5.78. The number of nitrogens with zero attached hydrogens (tertiary/aromatic N) is 2. The molecule has 5 nitrogen and oxygen atoms in total. The van der Waals surface area contributed by atoms with E-state index in [9.17, 15) is 5.11 Å². The zero-order valence-corrected chi connectivity index (χ0v) is 15.0. The van der Waals surface area contributed by atoms with Crippen LogP contribution in [0.15, 0.2) is 12.1 Å². The fraction of sp³-hybridized carbons (Fsp3) is 0.647. The summed E-state index contributed by atoms with van der Waals surface area (Å²) in [4.78, 5) is 4.75. The van der Waals surface area contributed by atoms with Crippen LogP contribution in [0.2, 0.25) is 5.02 Å². The zero-order chi connectivity index (χ0) is 16.8. The van der Waals surface area contributed by atoms with E-state index < -0.39 is 0 Å². The number of piperazine rings is 1. The van der Waals surface area contributed by atoms with Gasteiger partial charge in [-0.15, -0.1) is 0 Å². The van der Waals surface area contributed by atoms with E-state index in [1.54, 1.807) is 14.2 Å². The zero-order valence-electron chi connectivity index (χ0n) is 14.2. The molecule has 1 atom stereocenters. The van der Waals surface area contributed by atoms with Crippen molar-refractivity contribution in [3.63, 3.8) is 0 Å². The minimum Gasteiger partial charge on any atom is -0.493 e. The number of halogens is 1. The van der Waals surface area contributed by atoms with Crippen molar-refractivity contribution in [1.82, 2.24) is 9.80 Å². The van der Waals surface area contributed by atoms with Crippen LogP contribution in [0.4, 0.5) is 0 Å². The van der Waals surface area contributed by atoms with E-state index in [0.29, 0.717) is 16.5 Å². The smallest absolute Gasteiger partial charge is 0.179 e. The van der Waals surface area contributed by atoms with Crippen LogP contribution in [-0.2, 0) is 0 Å². The summed E-state index contributed by atoms with van der Waals surface area (Å²) in [7, 11) is 3.16. The topological polar surface area (TPSA) is 45.2 Å². The van der Waals surface area contributed by atoms with Gasteiger partial charge in [0, 0.05) is 26.2 Å².